The molecule has 0 bridgehead atoms. The van der Waals surface area contributed by atoms with Gasteiger partial charge in [-0.25, -0.2) is 0 Å². The van der Waals surface area contributed by atoms with E-state index in [9.17, 15) is 0 Å². The Morgan fingerprint density at radius 1 is 1.39 bits per heavy atom. The molecule has 0 aromatic rings. The second kappa shape index (κ2) is 6.85. The van der Waals surface area contributed by atoms with Crippen molar-refractivity contribution in [3.05, 3.63) is 0 Å². The van der Waals surface area contributed by atoms with Crippen LogP contribution in [0.4, 0.5) is 0 Å². The van der Waals surface area contributed by atoms with Gasteiger partial charge in [0.05, 0.1) is 12.7 Å². The van der Waals surface area contributed by atoms with Gasteiger partial charge in [-0.2, -0.15) is 0 Å². The van der Waals surface area contributed by atoms with Crippen LogP contribution < -0.4 is 5.32 Å². The lowest BCUT2D eigenvalue weighted by atomic mass is 10.2. The van der Waals surface area contributed by atoms with Gasteiger partial charge in [-0.3, -0.25) is 4.90 Å². The molecule has 4 heteroatoms. The summed E-state index contributed by atoms with van der Waals surface area (Å²) < 4.78 is 5.81. The van der Waals surface area contributed by atoms with Crippen LogP contribution in [0.1, 0.15) is 26.7 Å². The van der Waals surface area contributed by atoms with E-state index < -0.39 is 0 Å². The van der Waals surface area contributed by atoms with Crippen molar-refractivity contribution < 1.29 is 4.74 Å². The van der Waals surface area contributed by atoms with Gasteiger partial charge in [0, 0.05) is 44.8 Å². The third-order valence-corrected chi connectivity index (χ3v) is 4.08. The fourth-order valence-corrected chi connectivity index (χ4v) is 2.55. The van der Waals surface area contributed by atoms with Crippen LogP contribution in [-0.2, 0) is 4.74 Å². The van der Waals surface area contributed by atoms with Crippen LogP contribution in [0.2, 0.25) is 0 Å². The van der Waals surface area contributed by atoms with Crippen LogP contribution in [0, 0.1) is 0 Å². The zero-order valence-corrected chi connectivity index (χ0v) is 12.2. The second-order valence-corrected chi connectivity index (χ2v) is 6.00. The van der Waals surface area contributed by atoms with Gasteiger partial charge < -0.3 is 15.0 Å². The zero-order chi connectivity index (χ0) is 13.0. The third kappa shape index (κ3) is 4.50. The van der Waals surface area contributed by atoms with Crippen molar-refractivity contribution in [3.8, 4) is 0 Å². The molecule has 2 aliphatic rings. The second-order valence-electron chi connectivity index (χ2n) is 6.00. The minimum absolute atomic E-state index is 0.368. The molecule has 1 heterocycles. The first-order chi connectivity index (χ1) is 8.66. The van der Waals surface area contributed by atoms with E-state index in [4.69, 9.17) is 4.74 Å². The number of hydrogen-bond donors (Lipinski definition) is 1. The summed E-state index contributed by atoms with van der Waals surface area (Å²) in [5.74, 6) is 0. The lowest BCUT2D eigenvalue weighted by Crippen LogP contribution is -2.49. The molecule has 1 saturated carbocycles. The van der Waals surface area contributed by atoms with Crippen LogP contribution in [-0.4, -0.2) is 74.4 Å². The van der Waals surface area contributed by atoms with Gasteiger partial charge in [0.15, 0.2) is 0 Å². The van der Waals surface area contributed by atoms with Crippen molar-refractivity contribution in [2.24, 2.45) is 0 Å². The first-order valence-corrected chi connectivity index (χ1v) is 7.43. The van der Waals surface area contributed by atoms with Crippen LogP contribution in [0.5, 0.6) is 0 Å². The maximum atomic E-state index is 5.81. The summed E-state index contributed by atoms with van der Waals surface area (Å²) in [7, 11) is 2.23. The SMILES string of the molecule is CC(C)N1CCOC(CNCCN(C)C2CC2)C1. The maximum Gasteiger partial charge on any atom is 0.0826 e. The van der Waals surface area contributed by atoms with E-state index in [0.29, 0.717) is 12.1 Å². The third-order valence-electron chi connectivity index (χ3n) is 4.08. The predicted molar refractivity (Wildman–Crippen MR) is 75.0 cm³/mol. The molecule has 2 fully saturated rings. The van der Waals surface area contributed by atoms with E-state index >= 15 is 0 Å². The molecule has 0 spiro atoms. The van der Waals surface area contributed by atoms with Crippen molar-refractivity contribution in [1.29, 1.82) is 0 Å². The topological polar surface area (TPSA) is 27.7 Å². The monoisotopic (exact) mass is 255 g/mol. The van der Waals surface area contributed by atoms with Crippen LogP contribution in [0.15, 0.2) is 0 Å². The highest BCUT2D eigenvalue weighted by molar-refractivity contribution is 4.82. The van der Waals surface area contributed by atoms with Crippen LogP contribution in [0.3, 0.4) is 0 Å². The molecular formula is C14H29N3O. The lowest BCUT2D eigenvalue weighted by molar-refractivity contribution is -0.0371. The number of hydrogen-bond acceptors (Lipinski definition) is 4. The van der Waals surface area contributed by atoms with Crippen molar-refractivity contribution in [2.45, 2.75) is 44.9 Å². The van der Waals surface area contributed by atoms with Gasteiger partial charge in [0.2, 0.25) is 0 Å². The van der Waals surface area contributed by atoms with Gasteiger partial charge in [-0.1, -0.05) is 0 Å². The van der Waals surface area contributed by atoms with Gasteiger partial charge in [-0.15, -0.1) is 0 Å². The molecular weight excluding hydrogens is 226 g/mol. The van der Waals surface area contributed by atoms with Crippen molar-refractivity contribution >= 4 is 0 Å². The summed E-state index contributed by atoms with van der Waals surface area (Å²) in [5.41, 5.74) is 0. The molecule has 0 amide bonds. The molecule has 18 heavy (non-hydrogen) atoms. The Labute approximate surface area is 112 Å². The van der Waals surface area contributed by atoms with Gasteiger partial charge in [-0.05, 0) is 33.7 Å². The largest absolute Gasteiger partial charge is 0.374 e. The van der Waals surface area contributed by atoms with Crippen molar-refractivity contribution in [3.63, 3.8) is 0 Å². The van der Waals surface area contributed by atoms with E-state index in [0.717, 1.165) is 45.4 Å². The Morgan fingerprint density at radius 3 is 2.83 bits per heavy atom. The van der Waals surface area contributed by atoms with Crippen molar-refractivity contribution in [2.75, 3.05) is 46.4 Å². The minimum Gasteiger partial charge on any atom is -0.374 e. The predicted octanol–water partition coefficient (Wildman–Crippen LogP) is 0.779. The number of morpholine rings is 1. The fraction of sp³-hybridized carbons (Fsp3) is 1.00. The molecule has 1 aliphatic carbocycles. The highest BCUT2D eigenvalue weighted by Crippen LogP contribution is 2.24. The highest BCUT2D eigenvalue weighted by atomic mass is 16.5. The summed E-state index contributed by atoms with van der Waals surface area (Å²) in [6.07, 6.45) is 3.16. The van der Waals surface area contributed by atoms with Gasteiger partial charge in [0.25, 0.3) is 0 Å². The van der Waals surface area contributed by atoms with Crippen molar-refractivity contribution in [1.82, 2.24) is 15.1 Å². The van der Waals surface area contributed by atoms with Gasteiger partial charge >= 0.3 is 0 Å². The molecule has 1 saturated heterocycles. The summed E-state index contributed by atoms with van der Waals surface area (Å²) in [4.78, 5) is 4.97. The van der Waals surface area contributed by atoms with E-state index in [-0.39, 0.29) is 0 Å². The fourth-order valence-electron chi connectivity index (χ4n) is 2.55. The molecule has 0 aromatic carbocycles. The number of nitrogens with one attached hydrogen (secondary N) is 1. The summed E-state index contributed by atoms with van der Waals surface area (Å²) in [5, 5.41) is 3.53. The zero-order valence-electron chi connectivity index (χ0n) is 12.2. The smallest absolute Gasteiger partial charge is 0.0826 e. The average Bonchev–Trinajstić information content (AvgIpc) is 3.19. The number of ether oxygens (including phenoxy) is 1. The summed E-state index contributed by atoms with van der Waals surface area (Å²) in [6, 6.07) is 1.51. The molecule has 0 aromatic heterocycles. The Bertz CT molecular complexity index is 243. The van der Waals surface area contributed by atoms with Gasteiger partial charge in [0.1, 0.15) is 0 Å². The number of nitrogens with zero attached hydrogens (tertiary/aromatic N) is 2. The molecule has 1 atom stereocenters. The molecule has 1 aliphatic heterocycles. The Kier molecular flexibility index (Phi) is 5.42. The first kappa shape index (κ1) is 14.3. The molecule has 1 N–H and O–H groups in total. The molecule has 1 unspecified atom stereocenters. The Balaban J connectivity index is 1.55. The highest BCUT2D eigenvalue weighted by Gasteiger charge is 2.25. The number of likely N-dealkylation sites (N-methyl/N-ethyl adjacent to an activating group) is 1. The van der Waals surface area contributed by atoms with Crippen LogP contribution >= 0.6 is 0 Å². The average molecular weight is 255 g/mol. The van der Waals surface area contributed by atoms with E-state index in [1.165, 1.54) is 12.8 Å². The Hall–Kier alpha value is -0.160. The lowest BCUT2D eigenvalue weighted by Gasteiger charge is -2.35. The summed E-state index contributed by atoms with van der Waals surface area (Å²) >= 11 is 0. The van der Waals surface area contributed by atoms with Crippen LogP contribution in [0.25, 0.3) is 0 Å². The Morgan fingerprint density at radius 2 is 2.17 bits per heavy atom. The quantitative estimate of drug-likeness (QED) is 0.681. The number of rotatable bonds is 7. The molecule has 2 rings (SSSR count). The summed E-state index contributed by atoms with van der Waals surface area (Å²) in [6.45, 7) is 10.8. The van der Waals surface area contributed by atoms with E-state index in [1.807, 2.05) is 0 Å². The standard InChI is InChI=1S/C14H29N3O/c1-12(2)17-8-9-18-14(11-17)10-15-6-7-16(3)13-4-5-13/h12-15H,4-11H2,1-3H3. The van der Waals surface area contributed by atoms with E-state index in [1.54, 1.807) is 0 Å². The first-order valence-electron chi connectivity index (χ1n) is 7.43. The molecule has 0 radical (unpaired) electrons. The maximum absolute atomic E-state index is 5.81. The van der Waals surface area contributed by atoms with E-state index in [2.05, 4.69) is 36.0 Å². The minimum atomic E-state index is 0.368. The normalized spacial score (nSPS) is 26.2. The molecule has 106 valence electrons. The molecule has 4 nitrogen and oxygen atoms in total.